The number of ether oxygens (including phenoxy) is 1. The summed E-state index contributed by atoms with van der Waals surface area (Å²) in [5.74, 6) is -8.09. The van der Waals surface area contributed by atoms with Gasteiger partial charge in [-0.3, -0.25) is 15.4 Å². The van der Waals surface area contributed by atoms with Crippen molar-refractivity contribution in [2.75, 3.05) is 17.7 Å². The Labute approximate surface area is 177 Å². The van der Waals surface area contributed by atoms with E-state index in [0.29, 0.717) is 11.1 Å². The molecule has 0 aliphatic heterocycles. The van der Waals surface area contributed by atoms with Crippen molar-refractivity contribution in [2.45, 2.75) is 5.92 Å². The van der Waals surface area contributed by atoms with Crippen LogP contribution in [0.2, 0.25) is 0 Å². The van der Waals surface area contributed by atoms with Crippen LogP contribution in [0.5, 0.6) is 0 Å². The number of nitrogen functional groups attached to an aromatic ring is 1. The summed E-state index contributed by atoms with van der Waals surface area (Å²) in [5.41, 5.74) is 4.75. The third-order valence-electron chi connectivity index (χ3n) is 5.15. The van der Waals surface area contributed by atoms with Crippen LogP contribution in [0, 0.1) is 33.4 Å². The summed E-state index contributed by atoms with van der Waals surface area (Å²) in [6, 6.07) is 11.3. The van der Waals surface area contributed by atoms with E-state index in [2.05, 4.69) is 0 Å². The molecule has 3 aromatic carbocycles. The van der Waals surface area contributed by atoms with Gasteiger partial charge in [0.15, 0.2) is 23.3 Å². The molecule has 0 fully saturated rings. The van der Waals surface area contributed by atoms with Gasteiger partial charge in [-0.25, -0.2) is 22.4 Å². The standard InChI is InChI=1S/C21H13F4N3O4/c22-15-17(24)20(18(25)16(23)19(15)26)27-21(29)32-8-14-11-4-2-1-3-10(11)12-6-5-9(28(30)31)7-13(12)14/h1-7,14H,8,26H2,(H,27,29). The van der Waals surface area contributed by atoms with E-state index in [4.69, 9.17) is 10.5 Å². The number of nitro groups is 1. The Morgan fingerprint density at radius 3 is 2.28 bits per heavy atom. The first-order chi connectivity index (χ1) is 15.2. The summed E-state index contributed by atoms with van der Waals surface area (Å²) < 4.78 is 60.1. The van der Waals surface area contributed by atoms with Crippen LogP contribution in [0.1, 0.15) is 17.0 Å². The van der Waals surface area contributed by atoms with Crippen LogP contribution in [0.15, 0.2) is 42.5 Å². The maximum atomic E-state index is 13.9. The first-order valence-corrected chi connectivity index (χ1v) is 9.13. The van der Waals surface area contributed by atoms with Crippen LogP contribution >= 0.6 is 0 Å². The Balaban J connectivity index is 1.59. The minimum absolute atomic E-state index is 0.164. The van der Waals surface area contributed by atoms with Gasteiger partial charge in [0.25, 0.3) is 5.69 Å². The van der Waals surface area contributed by atoms with E-state index >= 15 is 0 Å². The smallest absolute Gasteiger partial charge is 0.411 e. The van der Waals surface area contributed by atoms with Crippen molar-refractivity contribution in [2.24, 2.45) is 0 Å². The van der Waals surface area contributed by atoms with E-state index in [1.807, 2.05) is 0 Å². The molecule has 11 heteroatoms. The highest BCUT2D eigenvalue weighted by Gasteiger charge is 2.32. The number of amides is 1. The van der Waals surface area contributed by atoms with Gasteiger partial charge >= 0.3 is 6.09 Å². The molecule has 0 saturated heterocycles. The van der Waals surface area contributed by atoms with Gasteiger partial charge in [0.2, 0.25) is 0 Å². The number of non-ortho nitro benzene ring substituents is 1. The van der Waals surface area contributed by atoms with E-state index in [1.165, 1.54) is 12.1 Å². The predicted molar refractivity (Wildman–Crippen MR) is 106 cm³/mol. The van der Waals surface area contributed by atoms with Crippen LogP contribution in [0.25, 0.3) is 11.1 Å². The topological polar surface area (TPSA) is 107 Å². The molecule has 3 N–H and O–H groups in total. The minimum atomic E-state index is -1.88. The fourth-order valence-corrected chi connectivity index (χ4v) is 3.65. The zero-order valence-corrected chi connectivity index (χ0v) is 16.0. The molecule has 0 spiro atoms. The van der Waals surface area contributed by atoms with Crippen LogP contribution in [0.3, 0.4) is 0 Å². The maximum absolute atomic E-state index is 13.9. The third-order valence-corrected chi connectivity index (χ3v) is 5.15. The number of nitrogens with one attached hydrogen (secondary N) is 1. The monoisotopic (exact) mass is 447 g/mol. The van der Waals surface area contributed by atoms with Gasteiger partial charge in [0.05, 0.1) is 4.92 Å². The summed E-state index contributed by atoms with van der Waals surface area (Å²) in [4.78, 5) is 22.7. The first-order valence-electron chi connectivity index (χ1n) is 9.13. The number of halogens is 4. The van der Waals surface area contributed by atoms with E-state index in [-0.39, 0.29) is 12.3 Å². The Morgan fingerprint density at radius 1 is 1.00 bits per heavy atom. The average molecular weight is 447 g/mol. The van der Waals surface area contributed by atoms with E-state index < -0.39 is 51.6 Å². The number of rotatable bonds is 4. The molecule has 1 atom stereocenters. The number of carbonyl (C=O) groups excluding carboxylic acids is 1. The Morgan fingerprint density at radius 2 is 1.62 bits per heavy atom. The normalized spacial score (nSPS) is 13.9. The van der Waals surface area contributed by atoms with Gasteiger partial charge < -0.3 is 10.5 Å². The lowest BCUT2D eigenvalue weighted by atomic mass is 9.98. The van der Waals surface area contributed by atoms with Crippen molar-refractivity contribution in [3.05, 3.63) is 87.0 Å². The zero-order valence-electron chi connectivity index (χ0n) is 16.0. The van der Waals surface area contributed by atoms with E-state index in [9.17, 15) is 32.5 Å². The van der Waals surface area contributed by atoms with Crippen molar-refractivity contribution >= 4 is 23.2 Å². The maximum Gasteiger partial charge on any atom is 0.411 e. The average Bonchev–Trinajstić information content (AvgIpc) is 3.10. The SMILES string of the molecule is Nc1c(F)c(F)c(NC(=O)OCC2c3ccccc3-c3ccc([N+](=O)[O-])cc32)c(F)c1F. The first kappa shape index (κ1) is 21.1. The lowest BCUT2D eigenvalue weighted by Gasteiger charge is -2.15. The molecule has 1 amide bonds. The van der Waals surface area contributed by atoms with Crippen LogP contribution in [0.4, 0.5) is 39.4 Å². The number of hydrogen-bond donors (Lipinski definition) is 2. The van der Waals surface area contributed by atoms with Crippen molar-refractivity contribution in [3.63, 3.8) is 0 Å². The molecular formula is C21H13F4N3O4. The molecule has 32 heavy (non-hydrogen) atoms. The second-order valence-corrected chi connectivity index (χ2v) is 6.94. The lowest BCUT2D eigenvalue weighted by molar-refractivity contribution is -0.384. The highest BCUT2D eigenvalue weighted by Crippen LogP contribution is 2.46. The zero-order chi connectivity index (χ0) is 23.2. The summed E-state index contributed by atoms with van der Waals surface area (Å²) in [5, 5.41) is 12.8. The molecule has 164 valence electrons. The largest absolute Gasteiger partial charge is 0.448 e. The minimum Gasteiger partial charge on any atom is -0.448 e. The summed E-state index contributed by atoms with van der Waals surface area (Å²) in [6.07, 6.45) is -1.39. The van der Waals surface area contributed by atoms with Gasteiger partial charge in [-0.2, -0.15) is 0 Å². The summed E-state index contributed by atoms with van der Waals surface area (Å²) >= 11 is 0. The summed E-state index contributed by atoms with van der Waals surface area (Å²) in [6.45, 7) is -0.361. The van der Waals surface area contributed by atoms with Crippen LogP contribution < -0.4 is 11.1 Å². The van der Waals surface area contributed by atoms with Crippen molar-refractivity contribution in [1.29, 1.82) is 0 Å². The highest BCUT2D eigenvalue weighted by molar-refractivity contribution is 5.86. The molecule has 7 nitrogen and oxygen atoms in total. The Hall–Kier alpha value is -4.15. The van der Waals surface area contributed by atoms with E-state index in [0.717, 1.165) is 11.1 Å². The van der Waals surface area contributed by atoms with Crippen LogP contribution in [-0.4, -0.2) is 17.6 Å². The predicted octanol–water partition coefficient (Wildman–Crippen LogP) is 5.09. The molecule has 0 saturated carbocycles. The molecule has 3 aromatic rings. The Kier molecular flexibility index (Phi) is 5.17. The summed E-state index contributed by atoms with van der Waals surface area (Å²) in [7, 11) is 0. The second-order valence-electron chi connectivity index (χ2n) is 6.94. The molecule has 1 unspecified atom stereocenters. The molecule has 0 bridgehead atoms. The van der Waals surface area contributed by atoms with Crippen molar-refractivity contribution in [1.82, 2.24) is 0 Å². The molecule has 0 radical (unpaired) electrons. The number of hydrogen-bond acceptors (Lipinski definition) is 5. The van der Waals surface area contributed by atoms with Gasteiger partial charge in [0, 0.05) is 18.1 Å². The quantitative estimate of drug-likeness (QED) is 0.190. The van der Waals surface area contributed by atoms with Crippen molar-refractivity contribution < 1.29 is 32.0 Å². The molecule has 1 aliphatic carbocycles. The fraction of sp³-hybridized carbons (Fsp3) is 0.0952. The second kappa shape index (κ2) is 7.84. The third kappa shape index (κ3) is 3.37. The number of anilines is 2. The number of carbonyl (C=O) groups is 1. The van der Waals surface area contributed by atoms with Crippen LogP contribution in [-0.2, 0) is 4.74 Å². The number of benzene rings is 3. The van der Waals surface area contributed by atoms with Crippen molar-refractivity contribution in [3.8, 4) is 11.1 Å². The number of fused-ring (bicyclic) bond motifs is 3. The fourth-order valence-electron chi connectivity index (χ4n) is 3.65. The molecule has 4 rings (SSSR count). The molecular weight excluding hydrogens is 434 g/mol. The molecule has 1 aliphatic rings. The number of nitrogens with zero attached hydrogens (tertiary/aromatic N) is 1. The van der Waals surface area contributed by atoms with Gasteiger partial charge in [-0.1, -0.05) is 24.3 Å². The molecule has 0 aromatic heterocycles. The van der Waals surface area contributed by atoms with Gasteiger partial charge in [-0.05, 0) is 28.3 Å². The van der Waals surface area contributed by atoms with Gasteiger partial charge in [-0.15, -0.1) is 0 Å². The highest BCUT2D eigenvalue weighted by atomic mass is 19.2. The number of nitro benzene ring substituents is 1. The molecule has 0 heterocycles. The van der Waals surface area contributed by atoms with E-state index in [1.54, 1.807) is 35.6 Å². The lowest BCUT2D eigenvalue weighted by Crippen LogP contribution is -2.20. The number of nitrogens with two attached hydrogens (primary N) is 1. The van der Waals surface area contributed by atoms with Gasteiger partial charge in [0.1, 0.15) is 18.0 Å². The Bertz CT molecular complexity index is 1250.